The van der Waals surface area contributed by atoms with Gasteiger partial charge in [-0.05, 0) is 59.2 Å². The fraction of sp³-hybridized carbons (Fsp3) is 0.750. The summed E-state index contributed by atoms with van der Waals surface area (Å²) in [6.45, 7) is 4.44. The van der Waals surface area contributed by atoms with Crippen molar-refractivity contribution in [1.82, 2.24) is 0 Å². The number of aryl methyl sites for hydroxylation is 1. The molecule has 0 nitrogen and oxygen atoms in total. The van der Waals surface area contributed by atoms with Crippen LogP contribution in [0.15, 0.2) is 9.85 Å². The van der Waals surface area contributed by atoms with E-state index in [1.807, 2.05) is 11.3 Å². The molecular formula is C16H24BrClS. The maximum absolute atomic E-state index is 6.71. The predicted molar refractivity (Wildman–Crippen MR) is 90.3 cm³/mol. The highest BCUT2D eigenvalue weighted by Crippen LogP contribution is 2.44. The van der Waals surface area contributed by atoms with Crippen molar-refractivity contribution < 1.29 is 0 Å². The van der Waals surface area contributed by atoms with Gasteiger partial charge in [0.05, 0.1) is 9.16 Å². The van der Waals surface area contributed by atoms with Crippen molar-refractivity contribution in [1.29, 1.82) is 0 Å². The van der Waals surface area contributed by atoms with E-state index in [0.29, 0.717) is 5.92 Å². The third-order valence-corrected chi connectivity index (χ3v) is 7.36. The molecule has 1 aromatic heterocycles. The smallest absolute Gasteiger partial charge is 0.0731 e. The first-order valence-corrected chi connectivity index (χ1v) is 9.56. The van der Waals surface area contributed by atoms with Gasteiger partial charge in [0.2, 0.25) is 0 Å². The van der Waals surface area contributed by atoms with Crippen molar-refractivity contribution in [3.63, 3.8) is 0 Å². The Kier molecular flexibility index (Phi) is 6.23. The zero-order chi connectivity index (χ0) is 13.8. The summed E-state index contributed by atoms with van der Waals surface area (Å²) in [7, 11) is 0. The van der Waals surface area contributed by atoms with Gasteiger partial charge in [0.15, 0.2) is 0 Å². The van der Waals surface area contributed by atoms with Gasteiger partial charge in [-0.1, -0.05) is 39.0 Å². The predicted octanol–water partition coefficient (Wildman–Crippen LogP) is 7.10. The molecule has 2 rings (SSSR count). The summed E-state index contributed by atoms with van der Waals surface area (Å²) >= 11 is 12.1. The van der Waals surface area contributed by atoms with Crippen LogP contribution >= 0.6 is 38.9 Å². The van der Waals surface area contributed by atoms with E-state index in [0.717, 1.165) is 5.92 Å². The first-order valence-electron chi connectivity index (χ1n) is 7.51. The Morgan fingerprint density at radius 2 is 2.05 bits per heavy atom. The normalized spacial score (nSPS) is 25.5. The lowest BCUT2D eigenvalue weighted by Gasteiger charge is -2.31. The quantitative estimate of drug-likeness (QED) is 0.489. The third kappa shape index (κ3) is 4.22. The summed E-state index contributed by atoms with van der Waals surface area (Å²) in [5, 5.41) is 0.224. The van der Waals surface area contributed by atoms with Gasteiger partial charge in [-0.25, -0.2) is 0 Å². The molecule has 0 aromatic carbocycles. The van der Waals surface area contributed by atoms with E-state index in [4.69, 9.17) is 11.6 Å². The molecule has 1 saturated carbocycles. The van der Waals surface area contributed by atoms with Crippen molar-refractivity contribution in [2.45, 2.75) is 64.2 Å². The Hall–Kier alpha value is 0.470. The molecule has 1 atom stereocenters. The molecule has 108 valence electrons. The molecular weight excluding hydrogens is 340 g/mol. The van der Waals surface area contributed by atoms with E-state index in [9.17, 15) is 0 Å². The summed E-state index contributed by atoms with van der Waals surface area (Å²) in [6, 6.07) is 2.26. The van der Waals surface area contributed by atoms with Gasteiger partial charge in [0, 0.05) is 4.88 Å². The average Bonchev–Trinajstić information content (AvgIpc) is 2.76. The maximum Gasteiger partial charge on any atom is 0.0731 e. The Bertz CT molecular complexity index is 374. The Labute approximate surface area is 135 Å². The van der Waals surface area contributed by atoms with Crippen LogP contribution in [0.3, 0.4) is 0 Å². The molecule has 1 aliphatic carbocycles. The minimum Gasteiger partial charge on any atom is -0.131 e. The summed E-state index contributed by atoms with van der Waals surface area (Å²) in [6.07, 6.45) is 9.57. The van der Waals surface area contributed by atoms with Crippen LogP contribution < -0.4 is 0 Å². The summed E-state index contributed by atoms with van der Waals surface area (Å²) < 4.78 is 1.24. The van der Waals surface area contributed by atoms with Crippen LogP contribution in [0.5, 0.6) is 0 Å². The van der Waals surface area contributed by atoms with Gasteiger partial charge in [0.1, 0.15) is 0 Å². The fourth-order valence-corrected chi connectivity index (χ4v) is 5.21. The summed E-state index contributed by atoms with van der Waals surface area (Å²) in [5.41, 5.74) is 1.32. The van der Waals surface area contributed by atoms with Crippen LogP contribution in [0.4, 0.5) is 0 Å². The SMILES string of the molecule is CCCCC1CCC(C(Cl)c2cc(C)c(Br)s2)CC1. The standard InChI is InChI=1S/C16H24BrClS/c1-3-4-5-12-6-8-13(9-7-12)15(18)14-10-11(2)16(17)19-14/h10,12-13,15H,3-9H2,1-2H3. The van der Waals surface area contributed by atoms with Gasteiger partial charge in [-0.2, -0.15) is 0 Å². The highest BCUT2D eigenvalue weighted by molar-refractivity contribution is 9.11. The number of unbranched alkanes of at least 4 members (excludes halogenated alkanes) is 1. The van der Waals surface area contributed by atoms with Crippen molar-refractivity contribution in [2.24, 2.45) is 11.8 Å². The first-order chi connectivity index (χ1) is 9.11. The number of halogens is 2. The molecule has 0 N–H and O–H groups in total. The summed E-state index contributed by atoms with van der Waals surface area (Å²) in [4.78, 5) is 1.35. The van der Waals surface area contributed by atoms with E-state index >= 15 is 0 Å². The molecule has 1 unspecified atom stereocenters. The third-order valence-electron chi connectivity index (χ3n) is 4.42. The highest BCUT2D eigenvalue weighted by atomic mass is 79.9. The van der Waals surface area contributed by atoms with Crippen molar-refractivity contribution in [3.8, 4) is 0 Å². The van der Waals surface area contributed by atoms with Crippen LogP contribution in [-0.2, 0) is 0 Å². The number of rotatable bonds is 5. The molecule has 0 aliphatic heterocycles. The molecule has 1 aliphatic rings. The van der Waals surface area contributed by atoms with Crippen molar-refractivity contribution in [3.05, 3.63) is 20.3 Å². The van der Waals surface area contributed by atoms with Crippen LogP contribution in [0.2, 0.25) is 0 Å². The summed E-state index contributed by atoms with van der Waals surface area (Å²) in [5.74, 6) is 1.65. The van der Waals surface area contributed by atoms with Gasteiger partial charge in [-0.15, -0.1) is 22.9 Å². The minimum atomic E-state index is 0.224. The average molecular weight is 364 g/mol. The van der Waals surface area contributed by atoms with Gasteiger partial charge < -0.3 is 0 Å². The molecule has 0 spiro atoms. The van der Waals surface area contributed by atoms with Crippen molar-refractivity contribution >= 4 is 38.9 Å². The lowest BCUT2D eigenvalue weighted by Crippen LogP contribution is -2.17. The zero-order valence-corrected chi connectivity index (χ0v) is 15.1. The zero-order valence-electron chi connectivity index (χ0n) is 11.9. The second-order valence-electron chi connectivity index (χ2n) is 5.93. The highest BCUT2D eigenvalue weighted by Gasteiger charge is 2.28. The van der Waals surface area contributed by atoms with Gasteiger partial charge >= 0.3 is 0 Å². The number of thiophene rings is 1. The maximum atomic E-state index is 6.71. The topological polar surface area (TPSA) is 0 Å². The first kappa shape index (κ1) is 15.9. The molecule has 1 aromatic rings. The Morgan fingerprint density at radius 3 is 2.58 bits per heavy atom. The molecule has 0 radical (unpaired) electrons. The molecule has 3 heteroatoms. The van der Waals surface area contributed by atoms with E-state index in [2.05, 4.69) is 35.8 Å². The minimum absolute atomic E-state index is 0.224. The van der Waals surface area contributed by atoms with E-state index in [-0.39, 0.29) is 5.38 Å². The largest absolute Gasteiger partial charge is 0.131 e. The molecule has 19 heavy (non-hydrogen) atoms. The van der Waals surface area contributed by atoms with E-state index in [1.54, 1.807) is 0 Å². The molecule has 1 fully saturated rings. The van der Waals surface area contributed by atoms with Gasteiger partial charge in [0.25, 0.3) is 0 Å². The molecule has 1 heterocycles. The lowest BCUT2D eigenvalue weighted by molar-refractivity contribution is 0.255. The van der Waals surface area contributed by atoms with Crippen LogP contribution in [-0.4, -0.2) is 0 Å². The van der Waals surface area contributed by atoms with Crippen molar-refractivity contribution in [2.75, 3.05) is 0 Å². The monoisotopic (exact) mass is 362 g/mol. The van der Waals surface area contributed by atoms with E-state index < -0.39 is 0 Å². The Balaban J connectivity index is 1.87. The molecule has 0 amide bonds. The second-order valence-corrected chi connectivity index (χ2v) is 8.80. The lowest BCUT2D eigenvalue weighted by atomic mass is 9.78. The number of hydrogen-bond donors (Lipinski definition) is 0. The van der Waals surface area contributed by atoms with Crippen LogP contribution in [0.1, 0.15) is 67.7 Å². The fourth-order valence-electron chi connectivity index (χ4n) is 3.11. The Morgan fingerprint density at radius 1 is 1.37 bits per heavy atom. The molecule has 0 bridgehead atoms. The second kappa shape index (κ2) is 7.47. The van der Waals surface area contributed by atoms with Gasteiger partial charge in [-0.3, -0.25) is 0 Å². The number of alkyl halides is 1. The number of hydrogen-bond acceptors (Lipinski definition) is 1. The van der Waals surface area contributed by atoms with Crippen LogP contribution in [0, 0.1) is 18.8 Å². The molecule has 0 saturated heterocycles. The van der Waals surface area contributed by atoms with E-state index in [1.165, 1.54) is 59.2 Å². The van der Waals surface area contributed by atoms with Crippen LogP contribution in [0.25, 0.3) is 0 Å².